The fraction of sp³-hybridized carbons (Fsp3) is 0.615. The van der Waals surface area contributed by atoms with E-state index in [9.17, 15) is 0 Å². The molecule has 3 heterocycles. The molecule has 2 fully saturated rings. The van der Waals surface area contributed by atoms with Crippen LogP contribution in [-0.4, -0.2) is 57.6 Å². The smallest absolute Gasteiger partial charge is 0.132 e. The van der Waals surface area contributed by atoms with Crippen molar-refractivity contribution in [3.05, 3.63) is 16.6 Å². The first kappa shape index (κ1) is 13.1. The predicted molar refractivity (Wildman–Crippen MR) is 78.0 cm³/mol. The van der Waals surface area contributed by atoms with E-state index >= 15 is 0 Å². The van der Waals surface area contributed by atoms with Gasteiger partial charge in [0.1, 0.15) is 11.6 Å². The fourth-order valence-corrected chi connectivity index (χ4v) is 2.79. The van der Waals surface area contributed by atoms with Crippen molar-refractivity contribution in [3.8, 4) is 0 Å². The highest BCUT2D eigenvalue weighted by Crippen LogP contribution is 2.25. The van der Waals surface area contributed by atoms with Crippen LogP contribution in [0.1, 0.15) is 0 Å². The molecule has 0 N–H and O–H groups in total. The van der Waals surface area contributed by atoms with E-state index in [2.05, 4.69) is 37.9 Å². The molecular formula is C13H18BrN3O2. The Morgan fingerprint density at radius 3 is 1.68 bits per heavy atom. The topological polar surface area (TPSA) is 37.8 Å². The van der Waals surface area contributed by atoms with E-state index in [4.69, 9.17) is 14.5 Å². The summed E-state index contributed by atoms with van der Waals surface area (Å²) in [7, 11) is 0. The summed E-state index contributed by atoms with van der Waals surface area (Å²) in [5.41, 5.74) is 0. The van der Waals surface area contributed by atoms with Gasteiger partial charge in [0.15, 0.2) is 0 Å². The zero-order valence-electron chi connectivity index (χ0n) is 10.8. The average molecular weight is 328 g/mol. The molecule has 0 aromatic carbocycles. The third kappa shape index (κ3) is 3.19. The van der Waals surface area contributed by atoms with Crippen LogP contribution in [0.25, 0.3) is 0 Å². The number of ether oxygens (including phenoxy) is 2. The highest BCUT2D eigenvalue weighted by Gasteiger charge is 2.17. The normalized spacial score (nSPS) is 20.7. The van der Waals surface area contributed by atoms with E-state index in [1.54, 1.807) is 0 Å². The molecule has 19 heavy (non-hydrogen) atoms. The van der Waals surface area contributed by atoms with Gasteiger partial charge in [0.05, 0.1) is 26.4 Å². The van der Waals surface area contributed by atoms with E-state index in [1.165, 1.54) is 0 Å². The SMILES string of the molecule is Brc1cc(N2CCOCC2)nc(N2CCOCC2)c1. The molecule has 0 bridgehead atoms. The Kier molecular flexibility index (Phi) is 4.20. The Balaban J connectivity index is 1.82. The lowest BCUT2D eigenvalue weighted by atomic mass is 10.3. The van der Waals surface area contributed by atoms with Gasteiger partial charge in [-0.3, -0.25) is 0 Å². The number of halogens is 1. The van der Waals surface area contributed by atoms with Crippen molar-refractivity contribution in [3.63, 3.8) is 0 Å². The van der Waals surface area contributed by atoms with Crippen LogP contribution in [0.5, 0.6) is 0 Å². The first-order valence-electron chi connectivity index (χ1n) is 6.66. The van der Waals surface area contributed by atoms with Crippen LogP contribution in [0.4, 0.5) is 11.6 Å². The molecule has 2 aliphatic heterocycles. The monoisotopic (exact) mass is 327 g/mol. The summed E-state index contributed by atoms with van der Waals surface area (Å²) in [5, 5.41) is 0. The molecule has 2 saturated heterocycles. The minimum Gasteiger partial charge on any atom is -0.378 e. The van der Waals surface area contributed by atoms with E-state index in [0.717, 1.165) is 68.7 Å². The summed E-state index contributed by atoms with van der Waals surface area (Å²) in [4.78, 5) is 9.34. The molecule has 0 amide bonds. The largest absolute Gasteiger partial charge is 0.378 e. The number of hydrogen-bond acceptors (Lipinski definition) is 5. The second-order valence-corrected chi connectivity index (χ2v) is 5.62. The molecule has 0 saturated carbocycles. The van der Waals surface area contributed by atoms with Gasteiger partial charge in [0.2, 0.25) is 0 Å². The van der Waals surface area contributed by atoms with Gasteiger partial charge in [-0.15, -0.1) is 0 Å². The summed E-state index contributed by atoms with van der Waals surface area (Å²) < 4.78 is 11.9. The van der Waals surface area contributed by atoms with Crippen molar-refractivity contribution < 1.29 is 9.47 Å². The minimum absolute atomic E-state index is 0.779. The predicted octanol–water partition coefficient (Wildman–Crippen LogP) is 1.52. The van der Waals surface area contributed by atoms with E-state index in [-0.39, 0.29) is 0 Å². The van der Waals surface area contributed by atoms with Crippen molar-refractivity contribution in [2.45, 2.75) is 0 Å². The van der Waals surface area contributed by atoms with Crippen LogP contribution in [0.2, 0.25) is 0 Å². The zero-order chi connectivity index (χ0) is 13.1. The Labute approximate surface area is 121 Å². The fourth-order valence-electron chi connectivity index (χ4n) is 2.38. The number of anilines is 2. The number of aromatic nitrogens is 1. The Bertz CT molecular complexity index is 396. The quantitative estimate of drug-likeness (QED) is 0.823. The summed E-state index contributed by atoms with van der Waals surface area (Å²) >= 11 is 3.59. The standard InChI is InChI=1S/C13H18BrN3O2/c14-11-9-12(16-1-5-18-6-2-16)15-13(10-11)17-3-7-19-8-4-17/h9-10H,1-8H2. The third-order valence-electron chi connectivity index (χ3n) is 3.43. The molecule has 104 valence electrons. The molecular weight excluding hydrogens is 310 g/mol. The second kappa shape index (κ2) is 6.07. The zero-order valence-corrected chi connectivity index (χ0v) is 12.4. The van der Waals surface area contributed by atoms with Crippen molar-refractivity contribution in [1.82, 2.24) is 4.98 Å². The van der Waals surface area contributed by atoms with Crippen molar-refractivity contribution in [2.24, 2.45) is 0 Å². The van der Waals surface area contributed by atoms with Gasteiger partial charge in [-0.05, 0) is 12.1 Å². The molecule has 0 atom stereocenters. The van der Waals surface area contributed by atoms with E-state index in [1.807, 2.05) is 0 Å². The summed E-state index contributed by atoms with van der Waals surface area (Å²) in [6, 6.07) is 4.16. The van der Waals surface area contributed by atoms with Gasteiger partial charge in [0.25, 0.3) is 0 Å². The highest BCUT2D eigenvalue weighted by atomic mass is 79.9. The van der Waals surface area contributed by atoms with Gasteiger partial charge in [-0.2, -0.15) is 0 Å². The van der Waals surface area contributed by atoms with Crippen LogP contribution in [0.3, 0.4) is 0 Å². The number of hydrogen-bond donors (Lipinski definition) is 0. The van der Waals surface area contributed by atoms with Gasteiger partial charge in [-0.25, -0.2) is 4.98 Å². The van der Waals surface area contributed by atoms with E-state index < -0.39 is 0 Å². The molecule has 0 unspecified atom stereocenters. The van der Waals surface area contributed by atoms with Crippen LogP contribution in [-0.2, 0) is 9.47 Å². The molecule has 0 spiro atoms. The minimum atomic E-state index is 0.779. The lowest BCUT2D eigenvalue weighted by molar-refractivity contribution is 0.121. The molecule has 5 nitrogen and oxygen atoms in total. The summed E-state index contributed by atoms with van der Waals surface area (Å²) in [6.45, 7) is 6.75. The molecule has 2 aliphatic rings. The lowest BCUT2D eigenvalue weighted by Crippen LogP contribution is -2.39. The Hall–Kier alpha value is -0.850. The maximum atomic E-state index is 5.39. The van der Waals surface area contributed by atoms with Gasteiger partial charge in [0, 0.05) is 30.7 Å². The maximum absolute atomic E-state index is 5.39. The van der Waals surface area contributed by atoms with Crippen LogP contribution in [0.15, 0.2) is 16.6 Å². The molecule has 1 aromatic heterocycles. The molecule has 0 aliphatic carbocycles. The molecule has 0 radical (unpaired) electrons. The van der Waals surface area contributed by atoms with Crippen LogP contribution < -0.4 is 9.80 Å². The van der Waals surface area contributed by atoms with Gasteiger partial charge >= 0.3 is 0 Å². The highest BCUT2D eigenvalue weighted by molar-refractivity contribution is 9.10. The third-order valence-corrected chi connectivity index (χ3v) is 3.89. The van der Waals surface area contributed by atoms with Gasteiger partial charge in [-0.1, -0.05) is 15.9 Å². The summed E-state index contributed by atoms with van der Waals surface area (Å²) in [5.74, 6) is 2.05. The Morgan fingerprint density at radius 1 is 0.842 bits per heavy atom. The lowest BCUT2D eigenvalue weighted by Gasteiger charge is -2.31. The van der Waals surface area contributed by atoms with Crippen molar-refractivity contribution in [1.29, 1.82) is 0 Å². The molecule has 3 rings (SSSR count). The number of pyridine rings is 1. The van der Waals surface area contributed by atoms with Crippen molar-refractivity contribution >= 4 is 27.6 Å². The molecule has 1 aromatic rings. The number of nitrogens with zero attached hydrogens (tertiary/aromatic N) is 3. The number of morpholine rings is 2. The Morgan fingerprint density at radius 2 is 1.26 bits per heavy atom. The van der Waals surface area contributed by atoms with E-state index in [0.29, 0.717) is 0 Å². The van der Waals surface area contributed by atoms with Crippen LogP contribution in [0, 0.1) is 0 Å². The average Bonchev–Trinajstić information content (AvgIpc) is 2.48. The molecule has 6 heteroatoms. The number of rotatable bonds is 2. The maximum Gasteiger partial charge on any atom is 0.132 e. The first-order chi connectivity index (χ1) is 9.33. The van der Waals surface area contributed by atoms with Crippen LogP contribution >= 0.6 is 15.9 Å². The van der Waals surface area contributed by atoms with Crippen molar-refractivity contribution in [2.75, 3.05) is 62.4 Å². The second-order valence-electron chi connectivity index (χ2n) is 4.70. The van der Waals surface area contributed by atoms with Gasteiger partial charge < -0.3 is 19.3 Å². The summed E-state index contributed by atoms with van der Waals surface area (Å²) in [6.07, 6.45) is 0. The first-order valence-corrected chi connectivity index (χ1v) is 7.45.